The van der Waals surface area contributed by atoms with E-state index in [1.165, 1.54) is 32.5 Å². The average Bonchev–Trinajstić information content (AvgIpc) is 2.97. The highest BCUT2D eigenvalue weighted by molar-refractivity contribution is 4.77. The third-order valence-electron chi connectivity index (χ3n) is 3.10. The standard InChI is InChI=1S/C13H28N2/c1-5-15(10-13-6-7-13)9-12(4)8-14-11(2)3/h11-14H,5-10H2,1-4H3. The van der Waals surface area contributed by atoms with Gasteiger partial charge in [-0.25, -0.2) is 0 Å². The fraction of sp³-hybridized carbons (Fsp3) is 1.00. The summed E-state index contributed by atoms with van der Waals surface area (Å²) in [5.74, 6) is 1.79. The van der Waals surface area contributed by atoms with Gasteiger partial charge in [-0.15, -0.1) is 0 Å². The third-order valence-corrected chi connectivity index (χ3v) is 3.10. The summed E-state index contributed by atoms with van der Waals surface area (Å²) < 4.78 is 0. The molecule has 0 spiro atoms. The van der Waals surface area contributed by atoms with Gasteiger partial charge in [-0.2, -0.15) is 0 Å². The van der Waals surface area contributed by atoms with Gasteiger partial charge in [0.25, 0.3) is 0 Å². The molecule has 2 heteroatoms. The fourth-order valence-electron chi connectivity index (χ4n) is 1.94. The van der Waals surface area contributed by atoms with Crippen molar-refractivity contribution in [2.45, 2.75) is 46.6 Å². The summed E-state index contributed by atoms with van der Waals surface area (Å²) in [7, 11) is 0. The number of hydrogen-bond acceptors (Lipinski definition) is 2. The van der Waals surface area contributed by atoms with E-state index < -0.39 is 0 Å². The largest absolute Gasteiger partial charge is 0.314 e. The van der Waals surface area contributed by atoms with Crippen molar-refractivity contribution in [1.29, 1.82) is 0 Å². The Bertz CT molecular complexity index is 164. The molecule has 1 unspecified atom stereocenters. The molecule has 0 bridgehead atoms. The first-order valence-corrected chi connectivity index (χ1v) is 6.57. The predicted molar refractivity (Wildman–Crippen MR) is 67.1 cm³/mol. The summed E-state index contributed by atoms with van der Waals surface area (Å²) in [4.78, 5) is 2.62. The molecule has 0 heterocycles. The summed E-state index contributed by atoms with van der Waals surface area (Å²) in [6, 6.07) is 0.617. The van der Waals surface area contributed by atoms with Crippen LogP contribution in [-0.2, 0) is 0 Å². The molecule has 1 aliphatic carbocycles. The topological polar surface area (TPSA) is 15.3 Å². The van der Waals surface area contributed by atoms with Gasteiger partial charge in [-0.1, -0.05) is 27.7 Å². The first-order valence-electron chi connectivity index (χ1n) is 6.57. The van der Waals surface area contributed by atoms with Gasteiger partial charge in [-0.05, 0) is 37.8 Å². The number of nitrogens with zero attached hydrogens (tertiary/aromatic N) is 1. The lowest BCUT2D eigenvalue weighted by molar-refractivity contribution is 0.235. The second-order valence-electron chi connectivity index (χ2n) is 5.46. The van der Waals surface area contributed by atoms with Crippen LogP contribution in [0.5, 0.6) is 0 Å². The number of nitrogens with one attached hydrogen (secondary N) is 1. The van der Waals surface area contributed by atoms with E-state index >= 15 is 0 Å². The van der Waals surface area contributed by atoms with E-state index in [0.717, 1.165) is 18.4 Å². The van der Waals surface area contributed by atoms with Crippen molar-refractivity contribution in [1.82, 2.24) is 10.2 Å². The Morgan fingerprint density at radius 3 is 2.40 bits per heavy atom. The molecule has 0 aromatic carbocycles. The summed E-state index contributed by atoms with van der Waals surface area (Å²) in [6.45, 7) is 14.0. The molecule has 2 nitrogen and oxygen atoms in total. The fourth-order valence-corrected chi connectivity index (χ4v) is 1.94. The second kappa shape index (κ2) is 6.49. The van der Waals surface area contributed by atoms with Crippen molar-refractivity contribution in [2.75, 3.05) is 26.2 Å². The highest BCUT2D eigenvalue weighted by Crippen LogP contribution is 2.29. The first kappa shape index (κ1) is 13.0. The molecule has 1 N–H and O–H groups in total. The number of rotatable bonds is 8. The molecule has 90 valence electrons. The van der Waals surface area contributed by atoms with Crippen LogP contribution in [0, 0.1) is 11.8 Å². The maximum absolute atomic E-state index is 3.52. The Hall–Kier alpha value is -0.0800. The zero-order valence-electron chi connectivity index (χ0n) is 10.9. The highest BCUT2D eigenvalue weighted by Gasteiger charge is 2.24. The Kier molecular flexibility index (Phi) is 5.62. The minimum atomic E-state index is 0.617. The van der Waals surface area contributed by atoms with Gasteiger partial charge in [0.05, 0.1) is 0 Å². The van der Waals surface area contributed by atoms with Crippen LogP contribution in [-0.4, -0.2) is 37.1 Å². The Morgan fingerprint density at radius 2 is 1.93 bits per heavy atom. The molecule has 0 aromatic rings. The lowest BCUT2D eigenvalue weighted by Gasteiger charge is -2.25. The summed E-state index contributed by atoms with van der Waals surface area (Å²) in [5, 5.41) is 3.52. The lowest BCUT2D eigenvalue weighted by Crippen LogP contribution is -2.36. The van der Waals surface area contributed by atoms with Gasteiger partial charge in [0, 0.05) is 19.1 Å². The lowest BCUT2D eigenvalue weighted by atomic mass is 10.1. The van der Waals surface area contributed by atoms with Gasteiger partial charge < -0.3 is 10.2 Å². The SMILES string of the molecule is CCN(CC(C)CNC(C)C)CC1CC1. The van der Waals surface area contributed by atoms with Crippen molar-refractivity contribution in [3.8, 4) is 0 Å². The van der Waals surface area contributed by atoms with Crippen LogP contribution >= 0.6 is 0 Å². The van der Waals surface area contributed by atoms with Crippen LogP contribution in [0.1, 0.15) is 40.5 Å². The molecule has 1 rings (SSSR count). The zero-order chi connectivity index (χ0) is 11.3. The predicted octanol–water partition coefficient (Wildman–Crippen LogP) is 2.35. The van der Waals surface area contributed by atoms with Crippen LogP contribution in [0.15, 0.2) is 0 Å². The van der Waals surface area contributed by atoms with E-state index in [1.54, 1.807) is 0 Å². The molecule has 0 radical (unpaired) electrons. The van der Waals surface area contributed by atoms with Crippen molar-refractivity contribution in [3.05, 3.63) is 0 Å². The highest BCUT2D eigenvalue weighted by atomic mass is 15.1. The van der Waals surface area contributed by atoms with Crippen LogP contribution in [0.4, 0.5) is 0 Å². The molecule has 0 aromatic heterocycles. The minimum absolute atomic E-state index is 0.617. The van der Waals surface area contributed by atoms with Gasteiger partial charge >= 0.3 is 0 Å². The molecule has 1 atom stereocenters. The van der Waals surface area contributed by atoms with Gasteiger partial charge in [-0.3, -0.25) is 0 Å². The molecule has 15 heavy (non-hydrogen) atoms. The van der Waals surface area contributed by atoms with Crippen molar-refractivity contribution < 1.29 is 0 Å². The number of hydrogen-bond donors (Lipinski definition) is 1. The van der Waals surface area contributed by atoms with Crippen LogP contribution < -0.4 is 5.32 Å². The molecular weight excluding hydrogens is 184 g/mol. The van der Waals surface area contributed by atoms with Gasteiger partial charge in [0.1, 0.15) is 0 Å². The average molecular weight is 212 g/mol. The summed E-state index contributed by atoms with van der Waals surface area (Å²) in [6.07, 6.45) is 2.93. The van der Waals surface area contributed by atoms with Gasteiger partial charge in [0.15, 0.2) is 0 Å². The van der Waals surface area contributed by atoms with E-state index in [0.29, 0.717) is 6.04 Å². The monoisotopic (exact) mass is 212 g/mol. The van der Waals surface area contributed by atoms with Crippen molar-refractivity contribution in [2.24, 2.45) is 11.8 Å². The second-order valence-corrected chi connectivity index (χ2v) is 5.46. The van der Waals surface area contributed by atoms with E-state index in [-0.39, 0.29) is 0 Å². The normalized spacial score (nSPS) is 18.8. The van der Waals surface area contributed by atoms with Crippen molar-refractivity contribution in [3.63, 3.8) is 0 Å². The third kappa shape index (κ3) is 6.16. The van der Waals surface area contributed by atoms with E-state index in [1.807, 2.05) is 0 Å². The van der Waals surface area contributed by atoms with E-state index in [2.05, 4.69) is 37.9 Å². The molecule has 1 aliphatic rings. The Balaban J connectivity index is 2.11. The van der Waals surface area contributed by atoms with Crippen LogP contribution in [0.25, 0.3) is 0 Å². The molecule has 1 saturated carbocycles. The quantitative estimate of drug-likeness (QED) is 0.664. The smallest absolute Gasteiger partial charge is 0.00191 e. The maximum Gasteiger partial charge on any atom is 0.00191 e. The van der Waals surface area contributed by atoms with Crippen LogP contribution in [0.2, 0.25) is 0 Å². The zero-order valence-corrected chi connectivity index (χ0v) is 10.9. The molecule has 0 amide bonds. The van der Waals surface area contributed by atoms with E-state index in [9.17, 15) is 0 Å². The molecular formula is C13H28N2. The summed E-state index contributed by atoms with van der Waals surface area (Å²) >= 11 is 0. The minimum Gasteiger partial charge on any atom is -0.314 e. The first-order chi connectivity index (χ1) is 7.11. The molecule has 0 saturated heterocycles. The summed E-state index contributed by atoms with van der Waals surface area (Å²) in [5.41, 5.74) is 0. The van der Waals surface area contributed by atoms with Crippen LogP contribution in [0.3, 0.4) is 0 Å². The molecule has 0 aliphatic heterocycles. The Morgan fingerprint density at radius 1 is 1.27 bits per heavy atom. The van der Waals surface area contributed by atoms with Gasteiger partial charge in [0.2, 0.25) is 0 Å². The van der Waals surface area contributed by atoms with E-state index in [4.69, 9.17) is 0 Å². The maximum atomic E-state index is 3.52. The molecule has 1 fully saturated rings. The van der Waals surface area contributed by atoms with Crippen molar-refractivity contribution >= 4 is 0 Å². The Labute approximate surface area is 95.4 Å².